The molecule has 0 bridgehead atoms. The molecule has 6 nitrogen and oxygen atoms in total. The maximum atomic E-state index is 10.9. The zero-order chi connectivity index (χ0) is 12.4. The summed E-state index contributed by atoms with van der Waals surface area (Å²) >= 11 is 0. The maximum absolute atomic E-state index is 10.9. The number of hydrogen-bond donors (Lipinski definition) is 1. The third kappa shape index (κ3) is 2.42. The average Bonchev–Trinajstić information content (AvgIpc) is 2.18. The van der Waals surface area contributed by atoms with Crippen LogP contribution in [0.4, 0.5) is 5.69 Å². The van der Waals surface area contributed by atoms with Crippen LogP contribution in [0.15, 0.2) is 6.20 Å². The lowest BCUT2D eigenvalue weighted by molar-refractivity contribution is -0.386. The zero-order valence-electron chi connectivity index (χ0n) is 9.90. The molecular weight excluding hydrogens is 222 g/mol. The Morgan fingerprint density at radius 3 is 2.82 bits per heavy atom. The lowest BCUT2D eigenvalue weighted by Crippen LogP contribution is -2.45. The highest BCUT2D eigenvalue weighted by Gasteiger charge is 2.21. The van der Waals surface area contributed by atoms with Crippen LogP contribution in [0.3, 0.4) is 0 Å². The van der Waals surface area contributed by atoms with Gasteiger partial charge < -0.3 is 10.1 Å². The van der Waals surface area contributed by atoms with Gasteiger partial charge in [0.2, 0.25) is 0 Å². The summed E-state index contributed by atoms with van der Waals surface area (Å²) in [5, 5.41) is 14.2. The Kier molecular flexibility index (Phi) is 3.35. The van der Waals surface area contributed by atoms with E-state index in [1.165, 1.54) is 0 Å². The van der Waals surface area contributed by atoms with Gasteiger partial charge in [0.1, 0.15) is 0 Å². The third-order valence-electron chi connectivity index (χ3n) is 2.95. The molecule has 1 fully saturated rings. The van der Waals surface area contributed by atoms with Crippen LogP contribution in [0.1, 0.15) is 16.8 Å². The number of aromatic nitrogens is 1. The van der Waals surface area contributed by atoms with Crippen molar-refractivity contribution in [2.75, 3.05) is 13.2 Å². The number of aryl methyl sites for hydroxylation is 1. The van der Waals surface area contributed by atoms with Gasteiger partial charge in [0.15, 0.2) is 0 Å². The molecule has 0 aliphatic carbocycles. The van der Waals surface area contributed by atoms with Gasteiger partial charge >= 0.3 is 0 Å². The van der Waals surface area contributed by atoms with Gasteiger partial charge in [-0.2, -0.15) is 0 Å². The number of hydrogen-bond acceptors (Lipinski definition) is 5. The molecule has 1 N–H and O–H groups in total. The number of nitrogens with one attached hydrogen (secondary N) is 1. The molecule has 6 heteroatoms. The minimum absolute atomic E-state index is 0.168. The molecular formula is C11H15N3O3. The second kappa shape index (κ2) is 4.77. The highest BCUT2D eigenvalue weighted by Crippen LogP contribution is 2.24. The summed E-state index contributed by atoms with van der Waals surface area (Å²) in [6.07, 6.45) is 1.55. The lowest BCUT2D eigenvalue weighted by atomic mass is 10.1. The fraction of sp³-hybridized carbons (Fsp3) is 0.545. The minimum Gasteiger partial charge on any atom is -0.378 e. The van der Waals surface area contributed by atoms with E-state index in [1.54, 1.807) is 20.0 Å². The molecule has 0 atom stereocenters. The predicted molar refractivity (Wildman–Crippen MR) is 61.8 cm³/mol. The molecule has 2 heterocycles. The van der Waals surface area contributed by atoms with Gasteiger partial charge in [0, 0.05) is 23.9 Å². The summed E-state index contributed by atoms with van der Waals surface area (Å²) in [5.74, 6) is 0. The van der Waals surface area contributed by atoms with Crippen LogP contribution in [0.25, 0.3) is 0 Å². The molecule has 0 radical (unpaired) electrons. The van der Waals surface area contributed by atoms with Crippen LogP contribution in [0.2, 0.25) is 0 Å². The molecule has 92 valence electrons. The number of nitrogens with zero attached hydrogens (tertiary/aromatic N) is 2. The zero-order valence-corrected chi connectivity index (χ0v) is 9.90. The number of pyridine rings is 1. The van der Waals surface area contributed by atoms with E-state index in [-0.39, 0.29) is 10.6 Å². The van der Waals surface area contributed by atoms with Crippen LogP contribution in [0.5, 0.6) is 0 Å². The van der Waals surface area contributed by atoms with Crippen molar-refractivity contribution >= 4 is 5.69 Å². The lowest BCUT2D eigenvalue weighted by Gasteiger charge is -2.27. The van der Waals surface area contributed by atoms with Gasteiger partial charge in [-0.05, 0) is 13.8 Å². The Morgan fingerprint density at radius 2 is 2.29 bits per heavy atom. The number of rotatable bonds is 4. The monoisotopic (exact) mass is 237 g/mol. The van der Waals surface area contributed by atoms with E-state index in [4.69, 9.17) is 4.74 Å². The normalized spacial score (nSPS) is 15.6. The van der Waals surface area contributed by atoms with Gasteiger partial charge in [-0.15, -0.1) is 0 Å². The van der Waals surface area contributed by atoms with E-state index in [1.807, 2.05) is 0 Å². The molecule has 2 rings (SSSR count). The van der Waals surface area contributed by atoms with Crippen molar-refractivity contribution in [3.63, 3.8) is 0 Å². The second-order valence-corrected chi connectivity index (χ2v) is 4.23. The molecule has 1 aromatic heterocycles. The molecule has 0 saturated carbocycles. The second-order valence-electron chi connectivity index (χ2n) is 4.23. The summed E-state index contributed by atoms with van der Waals surface area (Å²) in [5.41, 5.74) is 2.14. The molecule has 1 aromatic rings. The molecule has 0 aromatic carbocycles. The Balaban J connectivity index is 2.16. The van der Waals surface area contributed by atoms with Crippen molar-refractivity contribution in [3.8, 4) is 0 Å². The Bertz CT molecular complexity index is 444. The van der Waals surface area contributed by atoms with Gasteiger partial charge in [0.25, 0.3) is 5.69 Å². The van der Waals surface area contributed by atoms with Crippen LogP contribution in [0, 0.1) is 24.0 Å². The summed E-state index contributed by atoms with van der Waals surface area (Å²) in [7, 11) is 0. The average molecular weight is 237 g/mol. The molecule has 17 heavy (non-hydrogen) atoms. The largest absolute Gasteiger partial charge is 0.378 e. The van der Waals surface area contributed by atoms with Crippen molar-refractivity contribution in [2.24, 2.45) is 0 Å². The Labute approximate surface area is 99.2 Å². The van der Waals surface area contributed by atoms with Crippen molar-refractivity contribution in [2.45, 2.75) is 26.4 Å². The first kappa shape index (κ1) is 11.9. The summed E-state index contributed by atoms with van der Waals surface area (Å²) in [6, 6.07) is 0.344. The van der Waals surface area contributed by atoms with Crippen molar-refractivity contribution in [1.82, 2.24) is 10.3 Å². The van der Waals surface area contributed by atoms with E-state index in [0.29, 0.717) is 36.9 Å². The quantitative estimate of drug-likeness (QED) is 0.626. The van der Waals surface area contributed by atoms with E-state index in [9.17, 15) is 10.1 Å². The molecule has 1 aliphatic heterocycles. The standard InChI is InChI=1S/C11H15N3O3/c1-7-3-13-10(4-12-9-5-17-6-9)8(2)11(7)14(15)16/h3,9,12H,4-6H2,1-2H3. The van der Waals surface area contributed by atoms with Crippen LogP contribution < -0.4 is 5.32 Å². The van der Waals surface area contributed by atoms with E-state index in [2.05, 4.69) is 10.3 Å². The minimum atomic E-state index is -0.345. The fourth-order valence-electron chi connectivity index (χ4n) is 1.82. The Morgan fingerprint density at radius 1 is 1.59 bits per heavy atom. The van der Waals surface area contributed by atoms with E-state index >= 15 is 0 Å². The first-order valence-electron chi connectivity index (χ1n) is 5.50. The van der Waals surface area contributed by atoms with Crippen molar-refractivity contribution < 1.29 is 9.66 Å². The highest BCUT2D eigenvalue weighted by molar-refractivity contribution is 5.47. The first-order chi connectivity index (χ1) is 8.09. The van der Waals surface area contributed by atoms with Crippen LogP contribution in [-0.2, 0) is 11.3 Å². The molecule has 0 unspecified atom stereocenters. The summed E-state index contributed by atoms with van der Waals surface area (Å²) in [6.45, 7) is 5.39. The van der Waals surface area contributed by atoms with Crippen molar-refractivity contribution in [1.29, 1.82) is 0 Å². The topological polar surface area (TPSA) is 77.3 Å². The molecule has 0 spiro atoms. The third-order valence-corrected chi connectivity index (χ3v) is 2.95. The van der Waals surface area contributed by atoms with Gasteiger partial charge in [-0.25, -0.2) is 0 Å². The van der Waals surface area contributed by atoms with Crippen molar-refractivity contribution in [3.05, 3.63) is 33.1 Å². The van der Waals surface area contributed by atoms with Crippen LogP contribution in [-0.4, -0.2) is 29.2 Å². The summed E-state index contributed by atoms with van der Waals surface area (Å²) < 4.78 is 5.04. The maximum Gasteiger partial charge on any atom is 0.278 e. The molecule has 0 amide bonds. The van der Waals surface area contributed by atoms with Gasteiger partial charge in [-0.3, -0.25) is 15.1 Å². The SMILES string of the molecule is Cc1cnc(CNC2COC2)c(C)c1[N+](=O)[O-]. The fourth-order valence-corrected chi connectivity index (χ4v) is 1.82. The number of nitro groups is 1. The number of ether oxygens (including phenoxy) is 1. The van der Waals surface area contributed by atoms with Gasteiger partial charge in [-0.1, -0.05) is 0 Å². The molecule has 1 saturated heterocycles. The smallest absolute Gasteiger partial charge is 0.278 e. The Hall–Kier alpha value is -1.53. The highest BCUT2D eigenvalue weighted by atomic mass is 16.6. The van der Waals surface area contributed by atoms with E-state index < -0.39 is 0 Å². The first-order valence-corrected chi connectivity index (χ1v) is 5.50. The van der Waals surface area contributed by atoms with Gasteiger partial charge in [0.05, 0.1) is 29.9 Å². The predicted octanol–water partition coefficient (Wildman–Crippen LogP) is 1.10. The molecule has 1 aliphatic rings. The summed E-state index contributed by atoms with van der Waals surface area (Å²) in [4.78, 5) is 14.8. The van der Waals surface area contributed by atoms with Crippen LogP contribution >= 0.6 is 0 Å². The van der Waals surface area contributed by atoms with E-state index in [0.717, 1.165) is 5.69 Å².